The minimum absolute atomic E-state index is 0.194. The van der Waals surface area contributed by atoms with Gasteiger partial charge in [-0.15, -0.1) is 0 Å². The highest BCUT2D eigenvalue weighted by Crippen LogP contribution is 2.46. The molecule has 1 saturated carbocycles. The quantitative estimate of drug-likeness (QED) is 0.784. The highest BCUT2D eigenvalue weighted by molar-refractivity contribution is 6.47. The number of rotatable bonds is 3. The molecule has 0 aromatic rings. The Morgan fingerprint density at radius 1 is 1.12 bits per heavy atom. The molecule has 0 bridgehead atoms. The van der Waals surface area contributed by atoms with E-state index in [0.29, 0.717) is 18.3 Å². The Labute approximate surface area is 147 Å². The molecule has 2 unspecified atom stereocenters. The second kappa shape index (κ2) is 6.87. The van der Waals surface area contributed by atoms with Gasteiger partial charge in [-0.05, 0) is 66.6 Å². The van der Waals surface area contributed by atoms with E-state index in [1.807, 2.05) is 20.8 Å². The Hall–Kier alpha value is -0.745. The summed E-state index contributed by atoms with van der Waals surface area (Å²) in [6.45, 7) is 14.6. The third-order valence-corrected chi connectivity index (χ3v) is 5.50. The van der Waals surface area contributed by atoms with Crippen LogP contribution in [0.2, 0.25) is 5.82 Å². The first-order chi connectivity index (χ1) is 10.9. The Bertz CT molecular complexity index is 442. The molecule has 0 aromatic heterocycles. The molecule has 0 radical (unpaired) electrons. The highest BCUT2D eigenvalue weighted by Gasteiger charge is 2.55. The first kappa shape index (κ1) is 19.6. The van der Waals surface area contributed by atoms with Gasteiger partial charge in [0.2, 0.25) is 0 Å². The van der Waals surface area contributed by atoms with Gasteiger partial charge in [0.15, 0.2) is 0 Å². The van der Waals surface area contributed by atoms with Crippen molar-refractivity contribution in [3.63, 3.8) is 0 Å². The number of nitrogens with one attached hydrogen (secondary N) is 1. The summed E-state index contributed by atoms with van der Waals surface area (Å²) in [6, 6.07) is 0. The maximum atomic E-state index is 11.9. The first-order valence-electron chi connectivity index (χ1n) is 9.24. The van der Waals surface area contributed by atoms with E-state index < -0.39 is 5.60 Å². The SMILES string of the molecule is CC(C)(C)OC(=O)NCC1CCCCC1B1OC(C)(C)C(C)(C)O1. The summed E-state index contributed by atoms with van der Waals surface area (Å²) in [7, 11) is -0.194. The molecule has 0 aromatic carbocycles. The average molecular weight is 339 g/mol. The normalized spacial score (nSPS) is 29.4. The molecular weight excluding hydrogens is 305 g/mol. The van der Waals surface area contributed by atoms with E-state index in [4.69, 9.17) is 14.0 Å². The van der Waals surface area contributed by atoms with Gasteiger partial charge in [0.05, 0.1) is 11.2 Å². The zero-order valence-electron chi connectivity index (χ0n) is 16.4. The van der Waals surface area contributed by atoms with Crippen LogP contribution in [0.5, 0.6) is 0 Å². The summed E-state index contributed by atoms with van der Waals surface area (Å²) in [6.07, 6.45) is 4.21. The summed E-state index contributed by atoms with van der Waals surface area (Å²) in [5.41, 5.74) is -1.09. The van der Waals surface area contributed by atoms with Crippen LogP contribution >= 0.6 is 0 Å². The maximum Gasteiger partial charge on any atom is 0.461 e. The van der Waals surface area contributed by atoms with Gasteiger partial charge in [-0.2, -0.15) is 0 Å². The van der Waals surface area contributed by atoms with Crippen LogP contribution in [0.25, 0.3) is 0 Å². The standard InChI is InChI=1S/C18H34BNO4/c1-16(2,3)22-15(21)20-12-13-10-8-9-11-14(13)19-23-17(4,5)18(6,7)24-19/h13-14H,8-12H2,1-7H3,(H,20,21). The molecular formula is C18H34BNO4. The predicted octanol–water partition coefficient (Wildman–Crippen LogP) is 4.16. The fourth-order valence-corrected chi connectivity index (χ4v) is 3.44. The maximum absolute atomic E-state index is 11.9. The van der Waals surface area contributed by atoms with Gasteiger partial charge in [0, 0.05) is 6.54 Å². The molecule has 1 saturated heterocycles. The van der Waals surface area contributed by atoms with Crippen molar-refractivity contribution >= 4 is 13.2 Å². The Morgan fingerprint density at radius 3 is 2.21 bits per heavy atom. The summed E-state index contributed by atoms with van der Waals surface area (Å²) in [5.74, 6) is 0.677. The molecule has 2 fully saturated rings. The van der Waals surface area contributed by atoms with E-state index in [9.17, 15) is 4.79 Å². The van der Waals surface area contributed by atoms with Crippen LogP contribution in [0.1, 0.15) is 74.1 Å². The number of amides is 1. The van der Waals surface area contributed by atoms with E-state index in [2.05, 4.69) is 33.0 Å². The smallest absolute Gasteiger partial charge is 0.444 e. The largest absolute Gasteiger partial charge is 0.461 e. The number of ether oxygens (including phenoxy) is 1. The van der Waals surface area contributed by atoms with Crippen LogP contribution in [0.4, 0.5) is 4.79 Å². The predicted molar refractivity (Wildman–Crippen MR) is 96.0 cm³/mol. The lowest BCUT2D eigenvalue weighted by atomic mass is 9.59. The number of carbonyl (C=O) groups excluding carboxylic acids is 1. The molecule has 1 aliphatic carbocycles. The van der Waals surface area contributed by atoms with E-state index in [-0.39, 0.29) is 24.4 Å². The fraction of sp³-hybridized carbons (Fsp3) is 0.944. The molecule has 2 aliphatic rings. The van der Waals surface area contributed by atoms with Crippen molar-refractivity contribution in [2.45, 2.75) is 96.8 Å². The zero-order valence-corrected chi connectivity index (χ0v) is 16.4. The van der Waals surface area contributed by atoms with Crippen molar-refractivity contribution in [1.29, 1.82) is 0 Å². The number of carbonyl (C=O) groups is 1. The third-order valence-electron chi connectivity index (χ3n) is 5.50. The van der Waals surface area contributed by atoms with Crippen LogP contribution in [-0.4, -0.2) is 36.6 Å². The van der Waals surface area contributed by atoms with Crippen molar-refractivity contribution in [2.24, 2.45) is 5.92 Å². The van der Waals surface area contributed by atoms with Gasteiger partial charge >= 0.3 is 13.2 Å². The lowest BCUT2D eigenvalue weighted by Crippen LogP contribution is -2.41. The number of hydrogen-bond donors (Lipinski definition) is 1. The van der Waals surface area contributed by atoms with E-state index >= 15 is 0 Å². The second-order valence-electron chi connectivity index (χ2n) is 9.22. The summed E-state index contributed by atoms with van der Waals surface area (Å²) in [5, 5.41) is 2.93. The zero-order chi connectivity index (χ0) is 18.2. The van der Waals surface area contributed by atoms with Crippen LogP contribution in [-0.2, 0) is 14.0 Å². The molecule has 6 heteroatoms. The lowest BCUT2D eigenvalue weighted by molar-refractivity contribution is 0.00578. The molecule has 1 aliphatic heterocycles. The van der Waals surface area contributed by atoms with Gasteiger partial charge in [-0.3, -0.25) is 0 Å². The summed E-state index contributed by atoms with van der Waals surface area (Å²) >= 11 is 0. The molecule has 1 N–H and O–H groups in total. The first-order valence-corrected chi connectivity index (χ1v) is 9.24. The highest BCUT2D eigenvalue weighted by atomic mass is 16.7. The molecule has 2 atom stereocenters. The van der Waals surface area contributed by atoms with Gasteiger partial charge in [-0.25, -0.2) is 4.79 Å². The minimum atomic E-state index is -0.470. The van der Waals surface area contributed by atoms with E-state index in [1.54, 1.807) is 0 Å². The Kier molecular flexibility index (Phi) is 5.60. The summed E-state index contributed by atoms with van der Waals surface area (Å²) < 4.78 is 17.9. The summed E-state index contributed by atoms with van der Waals surface area (Å²) in [4.78, 5) is 11.9. The lowest BCUT2D eigenvalue weighted by Gasteiger charge is -2.33. The second-order valence-corrected chi connectivity index (χ2v) is 9.22. The van der Waals surface area contributed by atoms with Crippen molar-refractivity contribution in [3.05, 3.63) is 0 Å². The molecule has 24 heavy (non-hydrogen) atoms. The van der Waals surface area contributed by atoms with E-state index in [1.165, 1.54) is 12.8 Å². The molecule has 2 rings (SSSR count). The van der Waals surface area contributed by atoms with E-state index in [0.717, 1.165) is 12.8 Å². The molecule has 5 nitrogen and oxygen atoms in total. The minimum Gasteiger partial charge on any atom is -0.444 e. The van der Waals surface area contributed by atoms with Crippen LogP contribution in [0.3, 0.4) is 0 Å². The van der Waals surface area contributed by atoms with Gasteiger partial charge < -0.3 is 19.4 Å². The van der Waals surface area contributed by atoms with Crippen molar-refractivity contribution in [2.75, 3.05) is 6.54 Å². The van der Waals surface area contributed by atoms with Crippen LogP contribution in [0.15, 0.2) is 0 Å². The molecule has 1 amide bonds. The van der Waals surface area contributed by atoms with Gasteiger partial charge in [-0.1, -0.05) is 19.3 Å². The molecule has 138 valence electrons. The molecule has 1 heterocycles. The van der Waals surface area contributed by atoms with Crippen molar-refractivity contribution < 1.29 is 18.8 Å². The van der Waals surface area contributed by atoms with Crippen molar-refractivity contribution in [3.8, 4) is 0 Å². The third kappa shape index (κ3) is 4.66. The average Bonchev–Trinajstić information content (AvgIpc) is 2.63. The number of alkyl carbamates (subject to hydrolysis) is 1. The van der Waals surface area contributed by atoms with Crippen LogP contribution in [0, 0.1) is 5.92 Å². The van der Waals surface area contributed by atoms with Crippen molar-refractivity contribution in [1.82, 2.24) is 5.32 Å². The van der Waals surface area contributed by atoms with Crippen LogP contribution < -0.4 is 5.32 Å². The van der Waals surface area contributed by atoms with Gasteiger partial charge in [0.25, 0.3) is 0 Å². The Balaban J connectivity index is 1.95. The monoisotopic (exact) mass is 339 g/mol. The topological polar surface area (TPSA) is 56.8 Å². The fourth-order valence-electron chi connectivity index (χ4n) is 3.44. The van der Waals surface area contributed by atoms with Gasteiger partial charge in [0.1, 0.15) is 5.60 Å². The molecule has 0 spiro atoms. The number of hydrogen-bond acceptors (Lipinski definition) is 4. The Morgan fingerprint density at radius 2 is 1.67 bits per heavy atom.